The van der Waals surface area contributed by atoms with Crippen LogP contribution in [0.3, 0.4) is 0 Å². The van der Waals surface area contributed by atoms with Gasteiger partial charge in [-0.05, 0) is 60.7 Å². The van der Waals surface area contributed by atoms with E-state index in [-0.39, 0.29) is 5.56 Å². The zero-order chi connectivity index (χ0) is 24.3. The number of fused-ring (bicyclic) bond motifs is 1. The van der Waals surface area contributed by atoms with E-state index in [9.17, 15) is 18.0 Å². The molecule has 3 aromatic carbocycles. The fraction of sp³-hybridized carbons (Fsp3) is 0.120. The summed E-state index contributed by atoms with van der Waals surface area (Å²) < 4.78 is 54.7. The van der Waals surface area contributed by atoms with E-state index in [1.54, 1.807) is 55.8 Å². The first-order chi connectivity index (χ1) is 16.3. The molecule has 0 unspecified atom stereocenters. The molecule has 0 aliphatic rings. The SMILES string of the molecule is COc1cc2nccc(Oc3ccc(NC(=O)c4ccc(C(F)(F)F)cc4)cc3)c2cc1OC. The van der Waals surface area contributed by atoms with Crippen LogP contribution in [0.4, 0.5) is 18.9 Å². The minimum absolute atomic E-state index is 0.112. The first kappa shape index (κ1) is 22.9. The van der Waals surface area contributed by atoms with E-state index in [0.29, 0.717) is 34.2 Å². The van der Waals surface area contributed by atoms with Gasteiger partial charge in [-0.15, -0.1) is 0 Å². The number of methoxy groups -OCH3 is 2. The van der Waals surface area contributed by atoms with E-state index in [0.717, 1.165) is 29.7 Å². The molecule has 0 spiro atoms. The van der Waals surface area contributed by atoms with E-state index in [1.807, 2.05) is 0 Å². The predicted molar refractivity (Wildman–Crippen MR) is 121 cm³/mol. The highest BCUT2D eigenvalue weighted by atomic mass is 19.4. The van der Waals surface area contributed by atoms with Crippen LogP contribution in [0.5, 0.6) is 23.0 Å². The number of rotatable bonds is 6. The fourth-order valence-electron chi connectivity index (χ4n) is 3.28. The van der Waals surface area contributed by atoms with Gasteiger partial charge in [0.1, 0.15) is 11.5 Å². The Morgan fingerprint density at radius 2 is 1.50 bits per heavy atom. The number of ether oxygens (including phenoxy) is 3. The molecule has 1 heterocycles. The molecule has 34 heavy (non-hydrogen) atoms. The summed E-state index contributed by atoms with van der Waals surface area (Å²) in [4.78, 5) is 16.7. The zero-order valence-electron chi connectivity index (χ0n) is 18.1. The number of pyridine rings is 1. The average molecular weight is 468 g/mol. The summed E-state index contributed by atoms with van der Waals surface area (Å²) in [6.07, 6.45) is -2.84. The lowest BCUT2D eigenvalue weighted by atomic mass is 10.1. The van der Waals surface area contributed by atoms with Gasteiger partial charge in [0.25, 0.3) is 5.91 Å². The number of aromatic nitrogens is 1. The van der Waals surface area contributed by atoms with Gasteiger partial charge in [0, 0.05) is 28.9 Å². The number of nitrogens with one attached hydrogen (secondary N) is 1. The molecule has 6 nitrogen and oxygen atoms in total. The molecule has 1 amide bonds. The molecule has 1 N–H and O–H groups in total. The van der Waals surface area contributed by atoms with Gasteiger partial charge >= 0.3 is 6.18 Å². The fourth-order valence-corrected chi connectivity index (χ4v) is 3.28. The Morgan fingerprint density at radius 1 is 0.853 bits per heavy atom. The number of amides is 1. The van der Waals surface area contributed by atoms with Crippen LogP contribution >= 0.6 is 0 Å². The maximum absolute atomic E-state index is 12.7. The quantitative estimate of drug-likeness (QED) is 0.359. The van der Waals surface area contributed by atoms with Gasteiger partial charge in [0.15, 0.2) is 11.5 Å². The van der Waals surface area contributed by atoms with Crippen molar-refractivity contribution in [2.45, 2.75) is 6.18 Å². The smallest absolute Gasteiger partial charge is 0.416 e. The molecule has 0 saturated heterocycles. The largest absolute Gasteiger partial charge is 0.493 e. The van der Waals surface area contributed by atoms with Crippen LogP contribution < -0.4 is 19.5 Å². The number of anilines is 1. The monoisotopic (exact) mass is 468 g/mol. The number of carbonyl (C=O) groups excluding carboxylic acids is 1. The van der Waals surface area contributed by atoms with Gasteiger partial charge in [-0.3, -0.25) is 9.78 Å². The maximum atomic E-state index is 12.7. The first-order valence-electron chi connectivity index (χ1n) is 10.1. The zero-order valence-corrected chi connectivity index (χ0v) is 18.1. The molecular weight excluding hydrogens is 449 g/mol. The summed E-state index contributed by atoms with van der Waals surface area (Å²) in [5.74, 6) is 1.62. The Bertz CT molecular complexity index is 1320. The second-order valence-electron chi connectivity index (χ2n) is 7.19. The Morgan fingerprint density at radius 3 is 2.12 bits per heavy atom. The van der Waals surface area contributed by atoms with Crippen molar-refractivity contribution < 1.29 is 32.2 Å². The van der Waals surface area contributed by atoms with Crippen LogP contribution in [-0.4, -0.2) is 25.1 Å². The average Bonchev–Trinajstić information content (AvgIpc) is 2.84. The minimum atomic E-state index is -4.46. The molecular formula is C25H19F3N2O4. The van der Waals surface area contributed by atoms with Crippen molar-refractivity contribution >= 4 is 22.5 Å². The molecule has 0 aliphatic heterocycles. The summed E-state index contributed by atoms with van der Waals surface area (Å²) in [6.45, 7) is 0. The third-order valence-electron chi connectivity index (χ3n) is 5.02. The van der Waals surface area contributed by atoms with Crippen LogP contribution in [0.15, 0.2) is 72.9 Å². The Balaban J connectivity index is 1.49. The molecule has 0 bridgehead atoms. The summed E-state index contributed by atoms with van der Waals surface area (Å²) in [7, 11) is 3.08. The van der Waals surface area contributed by atoms with E-state index in [2.05, 4.69) is 10.3 Å². The molecule has 0 saturated carbocycles. The number of nitrogens with zero attached hydrogens (tertiary/aromatic N) is 1. The number of carbonyl (C=O) groups is 1. The van der Waals surface area contributed by atoms with Crippen molar-refractivity contribution in [3.63, 3.8) is 0 Å². The standard InChI is InChI=1S/C25H19F3N2O4/c1-32-22-13-19-20(14-23(22)33-2)29-12-11-21(19)34-18-9-7-17(8-10-18)30-24(31)15-3-5-16(6-4-15)25(26,27)28/h3-14H,1-2H3,(H,30,31). The molecule has 0 radical (unpaired) electrons. The molecule has 0 atom stereocenters. The Labute approximate surface area is 192 Å². The lowest BCUT2D eigenvalue weighted by molar-refractivity contribution is -0.137. The van der Waals surface area contributed by atoms with Crippen molar-refractivity contribution in [3.05, 3.63) is 84.1 Å². The van der Waals surface area contributed by atoms with Crippen molar-refractivity contribution in [1.29, 1.82) is 0 Å². The van der Waals surface area contributed by atoms with E-state index >= 15 is 0 Å². The van der Waals surface area contributed by atoms with E-state index in [4.69, 9.17) is 14.2 Å². The Kier molecular flexibility index (Phi) is 6.27. The van der Waals surface area contributed by atoms with Crippen LogP contribution in [0.1, 0.15) is 15.9 Å². The van der Waals surface area contributed by atoms with Crippen LogP contribution in [0, 0.1) is 0 Å². The highest BCUT2D eigenvalue weighted by Gasteiger charge is 2.30. The lowest BCUT2D eigenvalue weighted by Gasteiger charge is -2.13. The molecule has 0 aliphatic carbocycles. The summed E-state index contributed by atoms with van der Waals surface area (Å²) in [5.41, 5.74) is 0.421. The molecule has 0 fully saturated rings. The van der Waals surface area contributed by atoms with E-state index < -0.39 is 17.6 Å². The van der Waals surface area contributed by atoms with Crippen LogP contribution in [0.25, 0.3) is 10.9 Å². The van der Waals surface area contributed by atoms with Gasteiger partial charge in [-0.2, -0.15) is 13.2 Å². The van der Waals surface area contributed by atoms with Gasteiger partial charge < -0.3 is 19.5 Å². The van der Waals surface area contributed by atoms with Crippen molar-refractivity contribution in [3.8, 4) is 23.0 Å². The molecule has 174 valence electrons. The second-order valence-corrected chi connectivity index (χ2v) is 7.19. The van der Waals surface area contributed by atoms with Crippen molar-refractivity contribution in [2.24, 2.45) is 0 Å². The van der Waals surface area contributed by atoms with Crippen molar-refractivity contribution in [2.75, 3.05) is 19.5 Å². The lowest BCUT2D eigenvalue weighted by Crippen LogP contribution is -2.12. The summed E-state index contributed by atoms with van der Waals surface area (Å²) in [5, 5.41) is 3.37. The normalized spacial score (nSPS) is 11.2. The topological polar surface area (TPSA) is 69.7 Å². The third-order valence-corrected chi connectivity index (χ3v) is 5.02. The van der Waals surface area contributed by atoms with Crippen LogP contribution in [-0.2, 0) is 6.18 Å². The third kappa shape index (κ3) is 4.88. The highest BCUT2D eigenvalue weighted by Crippen LogP contribution is 2.37. The molecule has 4 aromatic rings. The van der Waals surface area contributed by atoms with Gasteiger partial charge in [-0.25, -0.2) is 0 Å². The predicted octanol–water partition coefficient (Wildman–Crippen LogP) is 6.32. The Hall–Kier alpha value is -4.27. The molecule has 4 rings (SSSR count). The van der Waals surface area contributed by atoms with Crippen LogP contribution in [0.2, 0.25) is 0 Å². The van der Waals surface area contributed by atoms with E-state index in [1.165, 1.54) is 7.11 Å². The number of hydrogen-bond acceptors (Lipinski definition) is 5. The number of halogens is 3. The second kappa shape index (κ2) is 9.30. The maximum Gasteiger partial charge on any atom is 0.416 e. The number of alkyl halides is 3. The van der Waals surface area contributed by atoms with Gasteiger partial charge in [0.2, 0.25) is 0 Å². The highest BCUT2D eigenvalue weighted by molar-refractivity contribution is 6.04. The summed E-state index contributed by atoms with van der Waals surface area (Å²) >= 11 is 0. The number of benzene rings is 3. The number of hydrogen-bond donors (Lipinski definition) is 1. The first-order valence-corrected chi connectivity index (χ1v) is 10.1. The summed E-state index contributed by atoms with van der Waals surface area (Å²) in [6, 6.07) is 15.8. The van der Waals surface area contributed by atoms with Gasteiger partial charge in [0.05, 0.1) is 25.3 Å². The van der Waals surface area contributed by atoms with Crippen molar-refractivity contribution in [1.82, 2.24) is 4.98 Å². The molecule has 1 aromatic heterocycles. The minimum Gasteiger partial charge on any atom is -0.493 e. The van der Waals surface area contributed by atoms with Gasteiger partial charge in [-0.1, -0.05) is 0 Å². The molecule has 9 heteroatoms.